The number of rotatable bonds is 2. The first-order valence-electron chi connectivity index (χ1n) is 4.86. The number of nitrogens with one attached hydrogen (secondary N) is 1. The molecule has 4 nitrogen and oxygen atoms in total. The van der Waals surface area contributed by atoms with Crippen molar-refractivity contribution in [3.05, 3.63) is 0 Å². The molecule has 0 fully saturated rings. The second-order valence-electron chi connectivity index (χ2n) is 4.27. The fraction of sp³-hybridized carbons (Fsp3) is 0.727. The first-order chi connectivity index (χ1) is 6.76. The van der Waals surface area contributed by atoms with E-state index in [9.17, 15) is 9.90 Å². The van der Waals surface area contributed by atoms with E-state index in [4.69, 9.17) is 4.74 Å². The highest BCUT2D eigenvalue weighted by molar-refractivity contribution is 5.68. The number of aliphatic hydroxyl groups is 1. The summed E-state index contributed by atoms with van der Waals surface area (Å²) in [6, 6.07) is -0.452. The van der Waals surface area contributed by atoms with Gasteiger partial charge < -0.3 is 15.2 Å². The van der Waals surface area contributed by atoms with Crippen LogP contribution in [0.25, 0.3) is 0 Å². The van der Waals surface area contributed by atoms with Gasteiger partial charge in [-0.2, -0.15) is 0 Å². The smallest absolute Gasteiger partial charge is 0.407 e. The summed E-state index contributed by atoms with van der Waals surface area (Å²) in [6.45, 7) is 8.63. The molecule has 0 aromatic carbocycles. The Morgan fingerprint density at radius 3 is 2.40 bits per heavy atom. The monoisotopic (exact) mass is 213 g/mol. The Kier molecular flexibility index (Phi) is 5.16. The van der Waals surface area contributed by atoms with E-state index >= 15 is 0 Å². The van der Waals surface area contributed by atoms with Crippen molar-refractivity contribution in [1.82, 2.24) is 5.32 Å². The molecule has 0 heterocycles. The predicted molar refractivity (Wildman–Crippen MR) is 58.3 cm³/mol. The van der Waals surface area contributed by atoms with Crippen LogP contribution in [0.1, 0.15) is 34.6 Å². The van der Waals surface area contributed by atoms with E-state index in [1.165, 1.54) is 0 Å². The fourth-order valence-electron chi connectivity index (χ4n) is 0.845. The van der Waals surface area contributed by atoms with Gasteiger partial charge in [-0.1, -0.05) is 5.92 Å². The van der Waals surface area contributed by atoms with Gasteiger partial charge in [0, 0.05) is 0 Å². The van der Waals surface area contributed by atoms with Crippen LogP contribution in [0.15, 0.2) is 0 Å². The molecule has 1 unspecified atom stereocenters. The molecule has 0 rings (SSSR count). The normalized spacial score (nSPS) is 14.5. The van der Waals surface area contributed by atoms with Crippen LogP contribution < -0.4 is 5.32 Å². The van der Waals surface area contributed by atoms with E-state index in [0.717, 1.165) is 0 Å². The number of alkyl carbamates (subject to hydrolysis) is 1. The molecule has 0 aromatic rings. The molecule has 0 aromatic heterocycles. The summed E-state index contributed by atoms with van der Waals surface area (Å²) in [5.41, 5.74) is -0.537. The van der Waals surface area contributed by atoms with Gasteiger partial charge in [0.05, 0.1) is 6.04 Å². The molecule has 0 aliphatic rings. The van der Waals surface area contributed by atoms with Crippen molar-refractivity contribution in [2.75, 3.05) is 0 Å². The zero-order valence-electron chi connectivity index (χ0n) is 9.92. The van der Waals surface area contributed by atoms with E-state index in [2.05, 4.69) is 17.2 Å². The Labute approximate surface area is 91.0 Å². The first-order valence-corrected chi connectivity index (χ1v) is 4.86. The van der Waals surface area contributed by atoms with Gasteiger partial charge in [-0.25, -0.2) is 4.79 Å². The molecular formula is C11H19NO3. The summed E-state index contributed by atoms with van der Waals surface area (Å²) in [5.74, 6) is 5.13. The summed E-state index contributed by atoms with van der Waals surface area (Å²) in [6.07, 6.45) is -1.42. The van der Waals surface area contributed by atoms with Gasteiger partial charge in [0.15, 0.2) is 0 Å². The molecule has 15 heavy (non-hydrogen) atoms. The number of amides is 1. The Morgan fingerprint density at radius 1 is 1.47 bits per heavy atom. The molecule has 0 saturated heterocycles. The topological polar surface area (TPSA) is 58.6 Å². The van der Waals surface area contributed by atoms with Gasteiger partial charge in [-0.15, -0.1) is 5.92 Å². The lowest BCUT2D eigenvalue weighted by atomic mass is 10.2. The van der Waals surface area contributed by atoms with Gasteiger partial charge in [0.1, 0.15) is 11.7 Å². The first kappa shape index (κ1) is 13.8. The molecule has 0 aliphatic carbocycles. The van der Waals surface area contributed by atoms with E-state index in [1.807, 2.05) is 0 Å². The number of carbonyl (C=O) groups is 1. The minimum atomic E-state index is -0.873. The van der Waals surface area contributed by atoms with Gasteiger partial charge >= 0.3 is 6.09 Å². The van der Waals surface area contributed by atoms with Gasteiger partial charge in [0.25, 0.3) is 0 Å². The van der Waals surface area contributed by atoms with Crippen LogP contribution in [0.4, 0.5) is 4.79 Å². The zero-order chi connectivity index (χ0) is 12.1. The molecule has 2 atom stereocenters. The predicted octanol–water partition coefficient (Wildman–Crippen LogP) is 1.28. The molecular weight excluding hydrogens is 194 g/mol. The number of carbonyl (C=O) groups excluding carboxylic acids is 1. The number of ether oxygens (including phenoxy) is 1. The molecule has 1 amide bonds. The summed E-state index contributed by atoms with van der Waals surface area (Å²) in [4.78, 5) is 11.3. The Bertz CT molecular complexity index is 270. The maximum absolute atomic E-state index is 11.3. The maximum Gasteiger partial charge on any atom is 0.407 e. The average molecular weight is 213 g/mol. The number of hydrogen-bond donors (Lipinski definition) is 2. The highest BCUT2D eigenvalue weighted by atomic mass is 16.6. The number of aliphatic hydroxyl groups excluding tert-OH is 1. The SMILES string of the molecule is CC#CC(O)[C@H](C)NC(=O)OC(C)(C)C. The van der Waals surface area contributed by atoms with Gasteiger partial charge in [-0.05, 0) is 34.6 Å². The van der Waals surface area contributed by atoms with Crippen molar-refractivity contribution in [2.45, 2.75) is 52.4 Å². The van der Waals surface area contributed by atoms with Crippen LogP contribution >= 0.6 is 0 Å². The quantitative estimate of drug-likeness (QED) is 0.679. The van der Waals surface area contributed by atoms with Crippen LogP contribution in [0.5, 0.6) is 0 Å². The molecule has 0 saturated carbocycles. The Hall–Kier alpha value is -1.21. The molecule has 0 radical (unpaired) electrons. The standard InChI is InChI=1S/C11H19NO3/c1-6-7-9(13)8(2)12-10(14)15-11(3,4)5/h8-9,13H,1-5H3,(H,12,14)/t8-,9?/m0/s1. The van der Waals surface area contributed by atoms with Crippen molar-refractivity contribution in [1.29, 1.82) is 0 Å². The van der Waals surface area contributed by atoms with E-state index in [0.29, 0.717) is 0 Å². The highest BCUT2D eigenvalue weighted by Gasteiger charge is 2.20. The van der Waals surface area contributed by atoms with Crippen LogP contribution in [0.2, 0.25) is 0 Å². The number of hydrogen-bond acceptors (Lipinski definition) is 3. The van der Waals surface area contributed by atoms with Crippen molar-refractivity contribution in [3.63, 3.8) is 0 Å². The molecule has 0 aliphatic heterocycles. The Balaban J connectivity index is 4.11. The maximum atomic E-state index is 11.3. The van der Waals surface area contributed by atoms with Gasteiger partial charge in [0.2, 0.25) is 0 Å². The summed E-state index contributed by atoms with van der Waals surface area (Å²) < 4.78 is 5.03. The molecule has 0 bridgehead atoms. The van der Waals surface area contributed by atoms with Crippen LogP contribution in [0.3, 0.4) is 0 Å². The van der Waals surface area contributed by atoms with E-state index in [1.54, 1.807) is 34.6 Å². The second-order valence-corrected chi connectivity index (χ2v) is 4.27. The summed E-state index contributed by atoms with van der Waals surface area (Å²) in [5, 5.41) is 11.9. The van der Waals surface area contributed by atoms with E-state index < -0.39 is 23.8 Å². The third-order valence-corrected chi connectivity index (χ3v) is 1.51. The van der Waals surface area contributed by atoms with Crippen molar-refractivity contribution >= 4 is 6.09 Å². The summed E-state index contributed by atoms with van der Waals surface area (Å²) >= 11 is 0. The third-order valence-electron chi connectivity index (χ3n) is 1.51. The van der Waals surface area contributed by atoms with Crippen LogP contribution in [-0.2, 0) is 4.74 Å². The van der Waals surface area contributed by atoms with Crippen molar-refractivity contribution in [3.8, 4) is 11.8 Å². The Morgan fingerprint density at radius 2 is 2.00 bits per heavy atom. The summed E-state index contributed by atoms with van der Waals surface area (Å²) in [7, 11) is 0. The minimum absolute atomic E-state index is 0.452. The zero-order valence-corrected chi connectivity index (χ0v) is 9.92. The third kappa shape index (κ3) is 6.81. The van der Waals surface area contributed by atoms with Gasteiger partial charge in [-0.3, -0.25) is 0 Å². The molecule has 2 N–H and O–H groups in total. The average Bonchev–Trinajstić information content (AvgIpc) is 2.00. The molecule has 4 heteroatoms. The minimum Gasteiger partial charge on any atom is -0.444 e. The lowest BCUT2D eigenvalue weighted by Gasteiger charge is -2.22. The largest absolute Gasteiger partial charge is 0.444 e. The lowest BCUT2D eigenvalue weighted by Crippen LogP contribution is -2.43. The van der Waals surface area contributed by atoms with Crippen LogP contribution in [-0.4, -0.2) is 28.9 Å². The highest BCUT2D eigenvalue weighted by Crippen LogP contribution is 2.07. The fourth-order valence-corrected chi connectivity index (χ4v) is 0.845. The van der Waals surface area contributed by atoms with Crippen molar-refractivity contribution < 1.29 is 14.6 Å². The van der Waals surface area contributed by atoms with Crippen molar-refractivity contribution in [2.24, 2.45) is 0 Å². The molecule has 86 valence electrons. The van der Waals surface area contributed by atoms with E-state index in [-0.39, 0.29) is 0 Å². The lowest BCUT2D eigenvalue weighted by molar-refractivity contribution is 0.0469. The second kappa shape index (κ2) is 5.62. The van der Waals surface area contributed by atoms with Crippen LogP contribution in [0, 0.1) is 11.8 Å². The molecule has 0 spiro atoms.